The summed E-state index contributed by atoms with van der Waals surface area (Å²) in [5.74, 6) is 0.895. The van der Waals surface area contributed by atoms with Crippen LogP contribution < -0.4 is 11.1 Å². The highest BCUT2D eigenvalue weighted by Gasteiger charge is 2.72. The number of fused-ring (bicyclic) bond motifs is 3. The van der Waals surface area contributed by atoms with Crippen LogP contribution in [0.4, 0.5) is 5.95 Å². The van der Waals surface area contributed by atoms with Gasteiger partial charge in [-0.1, -0.05) is 92.4 Å². The molecule has 0 spiro atoms. The first-order valence-electron chi connectivity index (χ1n) is 20.3. The number of ether oxygens (including phenoxy) is 2. The van der Waals surface area contributed by atoms with Crippen molar-refractivity contribution in [2.45, 2.75) is 145 Å². The van der Waals surface area contributed by atoms with Crippen molar-refractivity contribution in [3.63, 3.8) is 0 Å². The molecule has 1 saturated heterocycles. The molecule has 288 valence electrons. The lowest BCUT2D eigenvalue weighted by Gasteiger charge is -2.71. The van der Waals surface area contributed by atoms with Crippen molar-refractivity contribution in [1.82, 2.24) is 25.5 Å². The number of carboxylic acid groups (broad SMARTS) is 1. The maximum Gasteiger partial charge on any atom is 0.307 e. The van der Waals surface area contributed by atoms with Gasteiger partial charge in [0.2, 0.25) is 0 Å². The molecular formula is C41H70N6O4. The van der Waals surface area contributed by atoms with E-state index >= 15 is 0 Å². The van der Waals surface area contributed by atoms with Crippen LogP contribution in [0.2, 0.25) is 0 Å². The SMILES string of the molecule is CCCCN[C@](C)(CO[C@H]1[C@H](n2nnc(N)n2)CC23COC[C@@]1(C)[C@@H]2CC[C@H]1C3=CC[C@@]2(C)[C@H](C(=O)O)[C@@](C)([C@H](C)C(C)C)CC[C@]12C)C(C)C. The number of allylic oxidation sites excluding steroid dienone is 1. The Labute approximate surface area is 307 Å². The fraction of sp³-hybridized carbons (Fsp3) is 0.902. The Balaban J connectivity index is 1.41. The number of hydrogen-bond acceptors (Lipinski definition) is 8. The van der Waals surface area contributed by atoms with Crippen molar-refractivity contribution in [1.29, 1.82) is 0 Å². The Hall–Kier alpha value is -2.04. The van der Waals surface area contributed by atoms with Crippen LogP contribution in [-0.2, 0) is 14.3 Å². The molecular weight excluding hydrogens is 640 g/mol. The molecule has 10 heteroatoms. The van der Waals surface area contributed by atoms with Gasteiger partial charge in [0, 0.05) is 16.4 Å². The summed E-state index contributed by atoms with van der Waals surface area (Å²) in [5.41, 5.74) is 6.14. The largest absolute Gasteiger partial charge is 0.481 e. The van der Waals surface area contributed by atoms with Gasteiger partial charge < -0.3 is 25.6 Å². The number of aliphatic carboxylic acids is 1. The highest BCUT2D eigenvalue weighted by atomic mass is 16.5. The number of anilines is 1. The first kappa shape index (κ1) is 38.7. The van der Waals surface area contributed by atoms with Gasteiger partial charge in [-0.25, -0.2) is 0 Å². The summed E-state index contributed by atoms with van der Waals surface area (Å²) < 4.78 is 14.0. The van der Waals surface area contributed by atoms with Crippen LogP contribution in [0.15, 0.2) is 11.6 Å². The fourth-order valence-corrected chi connectivity index (χ4v) is 12.7. The molecule has 51 heavy (non-hydrogen) atoms. The van der Waals surface area contributed by atoms with Gasteiger partial charge in [0.1, 0.15) is 6.04 Å². The van der Waals surface area contributed by atoms with Gasteiger partial charge in [-0.05, 0) is 109 Å². The minimum Gasteiger partial charge on any atom is -0.481 e. The normalized spacial score (nSPS) is 42.4. The van der Waals surface area contributed by atoms with Gasteiger partial charge in [-0.2, -0.15) is 4.80 Å². The van der Waals surface area contributed by atoms with E-state index < -0.39 is 11.9 Å². The molecule has 5 aliphatic rings. The predicted octanol–water partition coefficient (Wildman–Crippen LogP) is 7.57. The topological polar surface area (TPSA) is 137 Å². The quantitative estimate of drug-likeness (QED) is 0.148. The van der Waals surface area contributed by atoms with Crippen LogP contribution in [0.25, 0.3) is 0 Å². The molecule has 0 aromatic carbocycles. The number of hydrogen-bond donors (Lipinski definition) is 3. The number of nitrogens with zero attached hydrogens (tertiary/aromatic N) is 4. The maximum absolute atomic E-state index is 13.5. The summed E-state index contributed by atoms with van der Waals surface area (Å²) in [4.78, 5) is 15.2. The molecule has 1 aromatic rings. The lowest BCUT2D eigenvalue weighted by molar-refractivity contribution is -0.254. The molecule has 10 nitrogen and oxygen atoms in total. The zero-order valence-corrected chi connectivity index (χ0v) is 33.7. The van der Waals surface area contributed by atoms with Crippen molar-refractivity contribution >= 4 is 11.9 Å². The molecule has 12 atom stereocenters. The van der Waals surface area contributed by atoms with Gasteiger partial charge >= 0.3 is 5.97 Å². The second-order valence-electron chi connectivity index (χ2n) is 19.7. The Morgan fingerprint density at radius 2 is 1.86 bits per heavy atom. The molecule has 4 fully saturated rings. The zero-order valence-electron chi connectivity index (χ0n) is 33.7. The number of unbranched alkanes of at least 4 members (excludes halogenated alkanes) is 1. The monoisotopic (exact) mass is 711 g/mol. The molecule has 1 aliphatic heterocycles. The van der Waals surface area contributed by atoms with Gasteiger partial charge in [-0.3, -0.25) is 4.79 Å². The highest BCUT2D eigenvalue weighted by molar-refractivity contribution is 5.73. The summed E-state index contributed by atoms with van der Waals surface area (Å²) >= 11 is 0. The van der Waals surface area contributed by atoms with Gasteiger partial charge in [-0.15, -0.1) is 5.10 Å². The average Bonchev–Trinajstić information content (AvgIpc) is 3.49. The summed E-state index contributed by atoms with van der Waals surface area (Å²) in [7, 11) is 0. The third-order valence-electron chi connectivity index (χ3n) is 16.7. The second-order valence-corrected chi connectivity index (χ2v) is 19.7. The molecule has 6 rings (SSSR count). The summed E-state index contributed by atoms with van der Waals surface area (Å²) in [6.07, 6.45) is 10.3. The molecule has 1 unspecified atom stereocenters. The van der Waals surface area contributed by atoms with Gasteiger partial charge in [0.05, 0.1) is 31.8 Å². The molecule has 4 N–H and O–H groups in total. The third-order valence-corrected chi connectivity index (χ3v) is 16.7. The van der Waals surface area contributed by atoms with E-state index in [2.05, 4.69) is 103 Å². The standard InChI is InChI=1S/C41H70N6O4/c1-12-13-20-43-40(11,26(4)5)23-51-33-30(47-45-35(42)44-46-47)21-41-24-50-22-37(33,8)31(41)15-14-28-29(41)16-17-39(10)32(34(48)49)36(7,27(6)25(2)3)18-19-38(28,39)9/h16,25-28,30-33,43H,12-15,17-24H2,1-11H3,(H2,42,45)(H,48,49)/t27-,28+,30-,31+,32-,33+,36-,37+,38-,39+,40-,41?/m1/s1. The lowest BCUT2D eigenvalue weighted by atomic mass is 9.34. The molecule has 4 aliphatic carbocycles. The van der Waals surface area contributed by atoms with E-state index in [1.807, 2.05) is 0 Å². The zero-order chi connectivity index (χ0) is 37.4. The number of nitrogen functional groups attached to an aromatic ring is 1. The molecule has 2 bridgehead atoms. The number of carboxylic acids is 1. The maximum atomic E-state index is 13.5. The summed E-state index contributed by atoms with van der Waals surface area (Å²) in [6.45, 7) is 28.1. The number of aromatic nitrogens is 4. The van der Waals surface area contributed by atoms with E-state index in [1.54, 1.807) is 4.80 Å². The van der Waals surface area contributed by atoms with Crippen LogP contribution in [0.5, 0.6) is 0 Å². The average molecular weight is 711 g/mol. The predicted molar refractivity (Wildman–Crippen MR) is 201 cm³/mol. The number of rotatable bonds is 12. The number of nitrogens with one attached hydrogen (secondary N) is 1. The summed E-state index contributed by atoms with van der Waals surface area (Å²) in [5, 5.41) is 28.2. The van der Waals surface area contributed by atoms with Crippen LogP contribution in [0.1, 0.15) is 134 Å². The van der Waals surface area contributed by atoms with E-state index in [4.69, 9.17) is 15.2 Å². The number of carbonyl (C=O) groups is 1. The van der Waals surface area contributed by atoms with Crippen molar-refractivity contribution in [2.24, 2.45) is 62.6 Å². The molecule has 0 amide bonds. The number of tetrazole rings is 1. The molecule has 2 heterocycles. The van der Waals surface area contributed by atoms with E-state index in [-0.39, 0.29) is 56.6 Å². The molecule has 0 radical (unpaired) electrons. The summed E-state index contributed by atoms with van der Waals surface area (Å²) in [6, 6.07) is -0.166. The Morgan fingerprint density at radius 1 is 1.14 bits per heavy atom. The van der Waals surface area contributed by atoms with Crippen molar-refractivity contribution in [3.8, 4) is 0 Å². The Bertz CT molecular complexity index is 1480. The third kappa shape index (κ3) is 5.73. The Morgan fingerprint density at radius 3 is 2.47 bits per heavy atom. The van der Waals surface area contributed by atoms with Crippen molar-refractivity contribution < 1.29 is 19.4 Å². The number of nitrogens with two attached hydrogens (primary N) is 1. The van der Waals surface area contributed by atoms with E-state index in [9.17, 15) is 9.90 Å². The van der Waals surface area contributed by atoms with E-state index in [0.717, 1.165) is 57.9 Å². The lowest BCUT2D eigenvalue weighted by Crippen LogP contribution is -2.69. The van der Waals surface area contributed by atoms with Crippen LogP contribution >= 0.6 is 0 Å². The van der Waals surface area contributed by atoms with Crippen molar-refractivity contribution in [2.75, 3.05) is 32.1 Å². The minimum atomic E-state index is -0.624. The first-order chi connectivity index (χ1) is 23.8. The van der Waals surface area contributed by atoms with Crippen LogP contribution in [0, 0.1) is 62.6 Å². The minimum absolute atomic E-state index is 0.147. The smallest absolute Gasteiger partial charge is 0.307 e. The first-order valence-corrected chi connectivity index (χ1v) is 20.3. The van der Waals surface area contributed by atoms with Gasteiger partial charge in [0.15, 0.2) is 0 Å². The fourth-order valence-electron chi connectivity index (χ4n) is 12.7. The van der Waals surface area contributed by atoms with Crippen molar-refractivity contribution in [3.05, 3.63) is 11.6 Å². The Kier molecular flexibility index (Phi) is 10.1. The van der Waals surface area contributed by atoms with E-state index in [1.165, 1.54) is 5.57 Å². The van der Waals surface area contributed by atoms with Crippen LogP contribution in [-0.4, -0.2) is 69.3 Å². The second kappa shape index (κ2) is 13.4. The molecule has 3 saturated carbocycles. The highest BCUT2D eigenvalue weighted by Crippen LogP contribution is 2.75. The van der Waals surface area contributed by atoms with Crippen LogP contribution in [0.3, 0.4) is 0 Å². The van der Waals surface area contributed by atoms with Gasteiger partial charge in [0.25, 0.3) is 5.95 Å². The van der Waals surface area contributed by atoms with E-state index in [0.29, 0.717) is 43.5 Å². The molecule has 1 aromatic heterocycles.